The van der Waals surface area contributed by atoms with Crippen molar-refractivity contribution in [2.24, 2.45) is 23.7 Å². The van der Waals surface area contributed by atoms with Crippen LogP contribution in [0.3, 0.4) is 0 Å². The Bertz CT molecular complexity index is 542. The maximum Gasteiger partial charge on any atom is 0.120 e. The van der Waals surface area contributed by atoms with Crippen LogP contribution in [-0.2, 0) is 0 Å². The molecule has 1 aliphatic rings. The third-order valence-electron chi connectivity index (χ3n) is 5.40. The monoisotopic (exact) mass is 276 g/mol. The van der Waals surface area contributed by atoms with Crippen LogP contribution in [0, 0.1) is 40.4 Å². The van der Waals surface area contributed by atoms with E-state index in [0.29, 0.717) is 11.3 Å². The molecule has 4 nitrogen and oxygen atoms in total. The minimum atomic E-state index is -1.48. The lowest BCUT2D eigenvalue weighted by molar-refractivity contribution is -0.0344. The Kier molecular flexibility index (Phi) is 3.68. The number of aromatic amines is 1. The third-order valence-corrected chi connectivity index (χ3v) is 5.40. The summed E-state index contributed by atoms with van der Waals surface area (Å²) in [4.78, 5) is 0. The summed E-state index contributed by atoms with van der Waals surface area (Å²) in [6.07, 6.45) is 2.76. The molecule has 0 aromatic carbocycles. The molecule has 20 heavy (non-hydrogen) atoms. The standard InChI is InChI=1S/C15H21FN4/c1-8-9(2)12(6-18)13(15(4,16)10(8)3)14-11(5-17)7-19-20-14/h6-10,12-13,18H,1-4H3,(H,19,20)/t8-,9-,10+,12-,13?,15+/m1/s1. The van der Waals surface area contributed by atoms with E-state index < -0.39 is 11.6 Å². The Morgan fingerprint density at radius 2 is 2.10 bits per heavy atom. The first-order valence-electron chi connectivity index (χ1n) is 6.99. The SMILES string of the molecule is C[C@@H]1[C@@H](C)[C@H](C)[C@](C)(F)C(c2[nH]ncc2C#N)[C@@H]1C=N. The first kappa shape index (κ1) is 14.7. The van der Waals surface area contributed by atoms with Gasteiger partial charge in [0.1, 0.15) is 11.7 Å². The second-order valence-electron chi connectivity index (χ2n) is 6.19. The van der Waals surface area contributed by atoms with Gasteiger partial charge in [-0.05, 0) is 30.9 Å². The Labute approximate surface area is 118 Å². The van der Waals surface area contributed by atoms with E-state index in [0.717, 1.165) is 0 Å². The van der Waals surface area contributed by atoms with Crippen LogP contribution >= 0.6 is 0 Å². The lowest BCUT2D eigenvalue weighted by Crippen LogP contribution is -2.51. The van der Waals surface area contributed by atoms with Crippen LogP contribution in [-0.4, -0.2) is 22.1 Å². The molecule has 2 N–H and O–H groups in total. The van der Waals surface area contributed by atoms with Crippen molar-refractivity contribution in [3.63, 3.8) is 0 Å². The molecule has 1 aromatic heterocycles. The van der Waals surface area contributed by atoms with Crippen LogP contribution in [0.4, 0.5) is 4.39 Å². The van der Waals surface area contributed by atoms with E-state index >= 15 is 4.39 Å². The molecule has 0 spiro atoms. The smallest absolute Gasteiger partial charge is 0.120 e. The summed E-state index contributed by atoms with van der Waals surface area (Å²) in [7, 11) is 0. The molecular formula is C15H21FN4. The Balaban J connectivity index is 2.57. The topological polar surface area (TPSA) is 76.3 Å². The van der Waals surface area contributed by atoms with Crippen molar-refractivity contribution in [3.05, 3.63) is 17.5 Å². The zero-order chi connectivity index (χ0) is 15.1. The summed E-state index contributed by atoms with van der Waals surface area (Å²) < 4.78 is 15.4. The van der Waals surface area contributed by atoms with Gasteiger partial charge in [0.2, 0.25) is 0 Å². The number of aromatic nitrogens is 2. The quantitative estimate of drug-likeness (QED) is 0.813. The lowest BCUT2D eigenvalue weighted by atomic mass is 9.56. The Morgan fingerprint density at radius 1 is 1.45 bits per heavy atom. The molecule has 108 valence electrons. The van der Waals surface area contributed by atoms with Crippen LogP contribution in [0.25, 0.3) is 0 Å². The summed E-state index contributed by atoms with van der Waals surface area (Å²) >= 11 is 0. The number of rotatable bonds is 2. The fourth-order valence-corrected chi connectivity index (χ4v) is 3.63. The van der Waals surface area contributed by atoms with E-state index in [9.17, 15) is 0 Å². The number of hydrogen-bond acceptors (Lipinski definition) is 3. The highest BCUT2D eigenvalue weighted by molar-refractivity contribution is 5.61. The zero-order valence-corrected chi connectivity index (χ0v) is 12.3. The van der Waals surface area contributed by atoms with Gasteiger partial charge < -0.3 is 5.41 Å². The predicted octanol–water partition coefficient (Wildman–Crippen LogP) is 3.28. The number of alkyl halides is 1. The van der Waals surface area contributed by atoms with Gasteiger partial charge in [0.05, 0.1) is 17.5 Å². The van der Waals surface area contributed by atoms with Crippen molar-refractivity contribution < 1.29 is 4.39 Å². The molecule has 1 aromatic rings. The fourth-order valence-electron chi connectivity index (χ4n) is 3.63. The molecule has 6 atom stereocenters. The number of nitrogens with zero attached hydrogens (tertiary/aromatic N) is 2. The number of H-pyrrole nitrogens is 1. The first-order chi connectivity index (χ1) is 9.36. The second-order valence-corrected chi connectivity index (χ2v) is 6.19. The fraction of sp³-hybridized carbons (Fsp3) is 0.667. The van der Waals surface area contributed by atoms with Crippen molar-refractivity contribution in [1.29, 1.82) is 10.7 Å². The van der Waals surface area contributed by atoms with E-state index in [2.05, 4.69) is 23.2 Å². The van der Waals surface area contributed by atoms with Gasteiger partial charge in [-0.25, -0.2) is 4.39 Å². The highest BCUT2D eigenvalue weighted by atomic mass is 19.1. The first-order valence-corrected chi connectivity index (χ1v) is 6.99. The van der Waals surface area contributed by atoms with Gasteiger partial charge in [-0.1, -0.05) is 20.8 Å². The number of hydrogen-bond donors (Lipinski definition) is 2. The van der Waals surface area contributed by atoms with Crippen LogP contribution in [0.1, 0.15) is 44.9 Å². The van der Waals surface area contributed by atoms with Crippen LogP contribution in [0.2, 0.25) is 0 Å². The van der Waals surface area contributed by atoms with Gasteiger partial charge >= 0.3 is 0 Å². The van der Waals surface area contributed by atoms with Gasteiger partial charge in [0.25, 0.3) is 0 Å². The van der Waals surface area contributed by atoms with Crippen molar-refractivity contribution in [2.45, 2.75) is 39.3 Å². The van der Waals surface area contributed by atoms with Gasteiger partial charge in [0, 0.05) is 11.8 Å². The van der Waals surface area contributed by atoms with Crippen molar-refractivity contribution in [2.75, 3.05) is 0 Å². The molecule has 1 aliphatic carbocycles. The maximum absolute atomic E-state index is 15.4. The summed E-state index contributed by atoms with van der Waals surface area (Å²) in [5, 5.41) is 23.5. The molecule has 0 radical (unpaired) electrons. The van der Waals surface area contributed by atoms with Crippen molar-refractivity contribution >= 4 is 6.21 Å². The van der Waals surface area contributed by atoms with Gasteiger partial charge in [-0.15, -0.1) is 0 Å². The molecule has 1 unspecified atom stereocenters. The summed E-state index contributed by atoms with van der Waals surface area (Å²) in [5.41, 5.74) is -0.581. The highest BCUT2D eigenvalue weighted by Gasteiger charge is 2.54. The average molecular weight is 276 g/mol. The minimum absolute atomic E-state index is 0.145. The van der Waals surface area contributed by atoms with Crippen molar-refractivity contribution in [1.82, 2.24) is 10.2 Å². The summed E-state index contributed by atoms with van der Waals surface area (Å²) in [6.45, 7) is 7.60. The largest absolute Gasteiger partial charge is 0.313 e. The Morgan fingerprint density at radius 3 is 2.65 bits per heavy atom. The maximum atomic E-state index is 15.4. The molecule has 2 rings (SSSR count). The molecule has 0 saturated heterocycles. The number of nitriles is 1. The normalized spacial score (nSPS) is 41.1. The molecule has 0 amide bonds. The van der Waals surface area contributed by atoms with Gasteiger partial charge in [-0.3, -0.25) is 5.10 Å². The molecule has 0 aliphatic heterocycles. The van der Waals surface area contributed by atoms with Crippen LogP contribution < -0.4 is 0 Å². The highest BCUT2D eigenvalue weighted by Crippen LogP contribution is 2.53. The zero-order valence-electron chi connectivity index (χ0n) is 12.3. The third kappa shape index (κ3) is 1.94. The summed E-state index contributed by atoms with van der Waals surface area (Å²) in [6, 6.07) is 2.06. The molecule has 1 fully saturated rings. The van der Waals surface area contributed by atoms with E-state index in [1.165, 1.54) is 12.4 Å². The molecule has 5 heteroatoms. The number of nitrogens with one attached hydrogen (secondary N) is 2. The molecule has 1 heterocycles. The van der Waals surface area contributed by atoms with Crippen molar-refractivity contribution in [3.8, 4) is 6.07 Å². The average Bonchev–Trinajstić information content (AvgIpc) is 2.88. The van der Waals surface area contributed by atoms with E-state index in [4.69, 9.17) is 10.7 Å². The Hall–Kier alpha value is -1.70. The van der Waals surface area contributed by atoms with Gasteiger partial charge in [0.15, 0.2) is 0 Å². The predicted molar refractivity (Wildman–Crippen MR) is 75.3 cm³/mol. The van der Waals surface area contributed by atoms with E-state index in [-0.39, 0.29) is 23.7 Å². The lowest BCUT2D eigenvalue weighted by Gasteiger charge is -2.50. The number of halogens is 1. The van der Waals surface area contributed by atoms with Gasteiger partial charge in [-0.2, -0.15) is 10.4 Å². The second kappa shape index (κ2) is 5.01. The van der Waals surface area contributed by atoms with E-state index in [1.54, 1.807) is 6.92 Å². The molecular weight excluding hydrogens is 255 g/mol. The molecule has 1 saturated carbocycles. The summed E-state index contributed by atoms with van der Waals surface area (Å²) in [5.74, 6) is -0.539. The van der Waals surface area contributed by atoms with Crippen LogP contribution in [0.15, 0.2) is 6.20 Å². The molecule has 0 bridgehead atoms. The van der Waals surface area contributed by atoms with Crippen LogP contribution in [0.5, 0.6) is 0 Å². The van der Waals surface area contributed by atoms with E-state index in [1.807, 2.05) is 13.8 Å². The minimum Gasteiger partial charge on any atom is -0.313 e.